The van der Waals surface area contributed by atoms with Gasteiger partial charge in [-0.2, -0.15) is 0 Å². The van der Waals surface area contributed by atoms with E-state index in [1.54, 1.807) is 0 Å². The van der Waals surface area contributed by atoms with Gasteiger partial charge in [-0.25, -0.2) is 0 Å². The lowest BCUT2D eigenvalue weighted by atomic mass is 10.2. The first-order chi connectivity index (χ1) is 3.41. The van der Waals surface area contributed by atoms with Crippen LogP contribution in [0.5, 0.6) is 0 Å². The van der Waals surface area contributed by atoms with Gasteiger partial charge in [0, 0.05) is 12.8 Å². The van der Waals surface area contributed by atoms with Gasteiger partial charge >= 0.3 is 0 Å². The molecule has 7 heavy (non-hydrogen) atoms. The Bertz CT molecular complexity index is 84.2. The van der Waals surface area contributed by atoms with E-state index in [9.17, 15) is 0 Å². The highest BCUT2D eigenvalue weighted by molar-refractivity contribution is 4.97. The molecule has 0 aliphatic rings. The van der Waals surface area contributed by atoms with Gasteiger partial charge in [-0.1, -0.05) is 0 Å². The molecule has 1 radical (unpaired) electrons. The number of rotatable bonds is 2. The van der Waals surface area contributed by atoms with Crippen molar-refractivity contribution in [3.63, 3.8) is 0 Å². The van der Waals surface area contributed by atoms with E-state index < -0.39 is 0 Å². The molecule has 0 aromatic carbocycles. The molecule has 0 heterocycles. The van der Waals surface area contributed by atoms with E-state index >= 15 is 0 Å². The molecular formula is C7H7. The summed E-state index contributed by atoms with van der Waals surface area (Å²) in [7, 11) is 0. The summed E-state index contributed by atoms with van der Waals surface area (Å²) in [5.74, 6) is 4.90. The zero-order valence-electron chi connectivity index (χ0n) is 4.15. The quantitative estimate of drug-likeness (QED) is 0.354. The Labute approximate surface area is 44.9 Å². The fraction of sp³-hybridized carbons (Fsp3) is 0.286. The summed E-state index contributed by atoms with van der Waals surface area (Å²) in [6.45, 7) is 0. The van der Waals surface area contributed by atoms with Crippen molar-refractivity contribution in [3.8, 4) is 24.7 Å². The topological polar surface area (TPSA) is 0 Å². The Hall–Kier alpha value is -0.880. The fourth-order valence-corrected chi connectivity index (χ4v) is 0.239. The molecule has 0 aliphatic carbocycles. The highest BCUT2D eigenvalue weighted by Gasteiger charge is 1.75. The molecule has 0 rings (SSSR count). The molecule has 0 N–H and O–H groups in total. The molecule has 0 nitrogen and oxygen atoms in total. The van der Waals surface area contributed by atoms with E-state index in [1.165, 1.54) is 0 Å². The van der Waals surface area contributed by atoms with Crippen LogP contribution in [0.4, 0.5) is 0 Å². The molecule has 0 saturated heterocycles. The summed E-state index contributed by atoms with van der Waals surface area (Å²) in [6.07, 6.45) is 13.1. The molecule has 35 valence electrons. The summed E-state index contributed by atoms with van der Waals surface area (Å²) >= 11 is 0. The second-order valence-electron chi connectivity index (χ2n) is 1.11. The van der Waals surface area contributed by atoms with Gasteiger partial charge in [-0.3, -0.25) is 0 Å². The Kier molecular flexibility index (Phi) is 4.48. The molecule has 0 amide bonds. The number of hydrogen-bond acceptors (Lipinski definition) is 0. The Morgan fingerprint density at radius 2 is 1.57 bits per heavy atom. The maximum atomic E-state index is 4.92. The summed E-state index contributed by atoms with van der Waals surface area (Å²) in [5, 5.41) is 0. The van der Waals surface area contributed by atoms with Crippen molar-refractivity contribution >= 4 is 0 Å². The minimum Gasteiger partial charge on any atom is -0.120 e. The molecule has 0 fully saturated rings. The SMILES string of the molecule is C#CC[CH]CC#C. The molecule has 0 unspecified atom stereocenters. The first kappa shape index (κ1) is 6.12. The van der Waals surface area contributed by atoms with Crippen LogP contribution in [0.15, 0.2) is 0 Å². The molecule has 0 aliphatic heterocycles. The fourth-order valence-electron chi connectivity index (χ4n) is 0.239. The summed E-state index contributed by atoms with van der Waals surface area (Å²) in [5.41, 5.74) is 0. The van der Waals surface area contributed by atoms with Crippen molar-refractivity contribution in [2.24, 2.45) is 0 Å². The van der Waals surface area contributed by atoms with Crippen LogP contribution >= 0.6 is 0 Å². The predicted molar refractivity (Wildman–Crippen MR) is 31.2 cm³/mol. The first-order valence-corrected chi connectivity index (χ1v) is 2.10. The van der Waals surface area contributed by atoms with Crippen LogP contribution in [0.2, 0.25) is 0 Å². The smallest absolute Gasteiger partial charge is 0.0127 e. The standard InChI is InChI=1S/C7H7/c1-3-5-7-6-4-2/h1-2,7H,5-6H2. The summed E-state index contributed by atoms with van der Waals surface area (Å²) in [4.78, 5) is 0. The van der Waals surface area contributed by atoms with Crippen molar-refractivity contribution < 1.29 is 0 Å². The zero-order chi connectivity index (χ0) is 5.54. The average Bonchev–Trinajstić information content (AvgIpc) is 1.69. The summed E-state index contributed by atoms with van der Waals surface area (Å²) in [6, 6.07) is 0. The van der Waals surface area contributed by atoms with Crippen molar-refractivity contribution in [1.29, 1.82) is 0 Å². The Balaban J connectivity index is 2.77. The molecule has 0 aromatic rings. The highest BCUT2D eigenvalue weighted by Crippen LogP contribution is 1.86. The van der Waals surface area contributed by atoms with Crippen molar-refractivity contribution in [3.05, 3.63) is 6.42 Å². The third kappa shape index (κ3) is 5.12. The third-order valence-electron chi connectivity index (χ3n) is 0.524. The van der Waals surface area contributed by atoms with E-state index in [-0.39, 0.29) is 0 Å². The molecule has 0 heteroatoms. The van der Waals surface area contributed by atoms with Crippen LogP contribution in [-0.4, -0.2) is 0 Å². The molecule has 0 saturated carbocycles. The van der Waals surface area contributed by atoms with Gasteiger partial charge in [0.15, 0.2) is 0 Å². The van der Waals surface area contributed by atoms with E-state index in [4.69, 9.17) is 12.8 Å². The normalized spacial score (nSPS) is 6.57. The lowest BCUT2D eigenvalue weighted by Crippen LogP contribution is -1.67. The molecule has 0 spiro atoms. The minimum absolute atomic E-state index is 0.685. The molecule has 0 aromatic heterocycles. The van der Waals surface area contributed by atoms with E-state index in [0.717, 1.165) is 0 Å². The highest BCUT2D eigenvalue weighted by atomic mass is 13.8. The molecular weight excluding hydrogens is 84.1 g/mol. The second kappa shape index (κ2) is 5.12. The van der Waals surface area contributed by atoms with Crippen LogP contribution in [0.1, 0.15) is 12.8 Å². The Morgan fingerprint density at radius 1 is 1.14 bits per heavy atom. The van der Waals surface area contributed by atoms with Crippen molar-refractivity contribution in [2.45, 2.75) is 12.8 Å². The van der Waals surface area contributed by atoms with Gasteiger partial charge in [0.1, 0.15) is 0 Å². The van der Waals surface area contributed by atoms with Crippen LogP contribution < -0.4 is 0 Å². The van der Waals surface area contributed by atoms with Gasteiger partial charge < -0.3 is 0 Å². The van der Waals surface area contributed by atoms with E-state index in [0.29, 0.717) is 12.8 Å². The van der Waals surface area contributed by atoms with Crippen LogP contribution in [-0.2, 0) is 0 Å². The van der Waals surface area contributed by atoms with E-state index in [2.05, 4.69) is 11.8 Å². The van der Waals surface area contributed by atoms with Gasteiger partial charge in [0.25, 0.3) is 0 Å². The van der Waals surface area contributed by atoms with Crippen molar-refractivity contribution in [2.75, 3.05) is 0 Å². The van der Waals surface area contributed by atoms with Crippen LogP contribution in [0.3, 0.4) is 0 Å². The van der Waals surface area contributed by atoms with Gasteiger partial charge in [-0.15, -0.1) is 24.7 Å². The summed E-state index contributed by atoms with van der Waals surface area (Å²) < 4.78 is 0. The predicted octanol–water partition coefficient (Wildman–Crippen LogP) is 1.24. The second-order valence-corrected chi connectivity index (χ2v) is 1.11. The number of hydrogen-bond donors (Lipinski definition) is 0. The third-order valence-corrected chi connectivity index (χ3v) is 0.524. The number of terminal acetylenes is 2. The lowest BCUT2D eigenvalue weighted by molar-refractivity contribution is 1.16. The van der Waals surface area contributed by atoms with Gasteiger partial charge in [-0.05, 0) is 6.42 Å². The largest absolute Gasteiger partial charge is 0.120 e. The monoisotopic (exact) mass is 91.1 g/mol. The van der Waals surface area contributed by atoms with Crippen LogP contribution in [0, 0.1) is 31.1 Å². The first-order valence-electron chi connectivity index (χ1n) is 2.10. The van der Waals surface area contributed by atoms with E-state index in [1.807, 2.05) is 6.42 Å². The van der Waals surface area contributed by atoms with Gasteiger partial charge in [0.05, 0.1) is 0 Å². The maximum absolute atomic E-state index is 4.92. The average molecular weight is 91.1 g/mol. The van der Waals surface area contributed by atoms with Crippen molar-refractivity contribution in [1.82, 2.24) is 0 Å². The molecule has 0 atom stereocenters. The lowest BCUT2D eigenvalue weighted by Gasteiger charge is -1.79. The van der Waals surface area contributed by atoms with Crippen LogP contribution in [0.25, 0.3) is 0 Å². The number of unbranched alkanes of at least 4 members (excludes halogenated alkanes) is 2. The maximum Gasteiger partial charge on any atom is 0.0127 e. The molecule has 0 bridgehead atoms. The zero-order valence-corrected chi connectivity index (χ0v) is 4.15. The van der Waals surface area contributed by atoms with Gasteiger partial charge in [0.2, 0.25) is 0 Å². The Morgan fingerprint density at radius 3 is 1.86 bits per heavy atom. The minimum atomic E-state index is 0.685.